The van der Waals surface area contributed by atoms with Crippen molar-refractivity contribution in [3.8, 4) is 0 Å². The molecule has 0 aromatic heterocycles. The monoisotopic (exact) mass is 394 g/mol. The van der Waals surface area contributed by atoms with Crippen LogP contribution in [0.4, 0.5) is 17.1 Å². The molecule has 3 rings (SSSR count). The van der Waals surface area contributed by atoms with Crippen LogP contribution in [-0.4, -0.2) is 55.3 Å². The molecule has 0 spiro atoms. The molecule has 154 valence electrons. The molecular weight excluding hydrogens is 364 g/mol. The summed E-state index contributed by atoms with van der Waals surface area (Å²) in [5.41, 5.74) is 3.70. The predicted molar refractivity (Wildman–Crippen MR) is 117 cm³/mol. The van der Waals surface area contributed by atoms with E-state index in [0.717, 1.165) is 30.0 Å². The lowest BCUT2D eigenvalue weighted by molar-refractivity contribution is -0.128. The molecule has 0 aliphatic carbocycles. The number of carbonyl (C=O) groups is 2. The average molecular weight is 395 g/mol. The minimum absolute atomic E-state index is 0.0648. The van der Waals surface area contributed by atoms with Crippen LogP contribution in [-0.2, 0) is 9.59 Å². The Morgan fingerprint density at radius 3 is 2.48 bits per heavy atom. The van der Waals surface area contributed by atoms with E-state index in [-0.39, 0.29) is 24.2 Å². The number of anilines is 3. The Bertz CT molecular complexity index is 848. The molecule has 1 aliphatic rings. The van der Waals surface area contributed by atoms with Gasteiger partial charge in [0.1, 0.15) is 0 Å². The molecular formula is C23H30N4O2. The van der Waals surface area contributed by atoms with E-state index in [2.05, 4.69) is 15.5 Å². The Labute approximate surface area is 172 Å². The van der Waals surface area contributed by atoms with Crippen molar-refractivity contribution in [3.05, 3.63) is 54.1 Å². The number of para-hydroxylation sites is 2. The van der Waals surface area contributed by atoms with Crippen molar-refractivity contribution in [1.82, 2.24) is 9.80 Å². The summed E-state index contributed by atoms with van der Waals surface area (Å²) in [6.07, 6.45) is 1.19. The lowest BCUT2D eigenvalue weighted by atomic mass is 10.1. The summed E-state index contributed by atoms with van der Waals surface area (Å²) in [4.78, 5) is 29.0. The van der Waals surface area contributed by atoms with E-state index >= 15 is 0 Å². The van der Waals surface area contributed by atoms with Crippen LogP contribution >= 0.6 is 0 Å². The van der Waals surface area contributed by atoms with Gasteiger partial charge in [0.15, 0.2) is 0 Å². The van der Waals surface area contributed by atoms with E-state index in [9.17, 15) is 9.59 Å². The molecule has 1 heterocycles. The third-order valence-corrected chi connectivity index (χ3v) is 5.13. The van der Waals surface area contributed by atoms with E-state index in [1.807, 2.05) is 74.4 Å². The van der Waals surface area contributed by atoms with Crippen LogP contribution in [0.1, 0.15) is 18.4 Å². The summed E-state index contributed by atoms with van der Waals surface area (Å²) < 4.78 is 0. The normalized spacial score (nSPS) is 16.3. The Morgan fingerprint density at radius 2 is 1.79 bits per heavy atom. The molecule has 0 radical (unpaired) electrons. The summed E-state index contributed by atoms with van der Waals surface area (Å²) in [5.74, 6) is -0.351. The number of likely N-dealkylation sites (tertiary alicyclic amines) is 1. The van der Waals surface area contributed by atoms with Crippen LogP contribution in [0.25, 0.3) is 0 Å². The highest BCUT2D eigenvalue weighted by Crippen LogP contribution is 2.27. The maximum absolute atomic E-state index is 12.8. The first-order valence-electron chi connectivity index (χ1n) is 10.1. The predicted octanol–water partition coefficient (Wildman–Crippen LogP) is 3.48. The first kappa shape index (κ1) is 20.9. The van der Waals surface area contributed by atoms with Crippen molar-refractivity contribution in [3.63, 3.8) is 0 Å². The number of amides is 2. The molecule has 1 aliphatic heterocycles. The molecule has 1 unspecified atom stereocenters. The maximum atomic E-state index is 12.8. The van der Waals surface area contributed by atoms with Gasteiger partial charge in [0.05, 0.1) is 17.3 Å². The SMILES string of the molecule is Cc1ccc(Nc2ccccc2NC(=O)C2CC(=O)N(CCCN(C)C)C2)cc1. The first-order chi connectivity index (χ1) is 13.9. The van der Waals surface area contributed by atoms with Crippen molar-refractivity contribution in [2.45, 2.75) is 19.8 Å². The van der Waals surface area contributed by atoms with Gasteiger partial charge in [-0.1, -0.05) is 29.8 Å². The van der Waals surface area contributed by atoms with Gasteiger partial charge in [0.25, 0.3) is 0 Å². The Balaban J connectivity index is 1.61. The number of carbonyl (C=O) groups excluding carboxylic acids is 2. The van der Waals surface area contributed by atoms with Crippen molar-refractivity contribution < 1.29 is 9.59 Å². The lowest BCUT2D eigenvalue weighted by Gasteiger charge is -2.18. The van der Waals surface area contributed by atoms with Gasteiger partial charge in [-0.25, -0.2) is 0 Å². The second kappa shape index (κ2) is 9.56. The standard InChI is InChI=1S/C23H30N4O2/c1-17-9-11-19(12-10-17)24-20-7-4-5-8-21(20)25-23(29)18-15-22(28)27(16-18)14-6-13-26(2)3/h4-5,7-12,18,24H,6,13-16H2,1-3H3,(H,25,29). The fraction of sp³-hybridized carbons (Fsp3) is 0.391. The molecule has 2 aromatic carbocycles. The van der Waals surface area contributed by atoms with Crippen molar-refractivity contribution in [1.29, 1.82) is 0 Å². The Morgan fingerprint density at radius 1 is 1.10 bits per heavy atom. The van der Waals surface area contributed by atoms with E-state index in [1.54, 1.807) is 0 Å². The van der Waals surface area contributed by atoms with Gasteiger partial charge in [-0.2, -0.15) is 0 Å². The summed E-state index contributed by atoms with van der Waals surface area (Å²) in [6, 6.07) is 15.7. The van der Waals surface area contributed by atoms with Gasteiger partial charge < -0.3 is 20.4 Å². The van der Waals surface area contributed by atoms with Crippen LogP contribution in [0.5, 0.6) is 0 Å². The zero-order valence-corrected chi connectivity index (χ0v) is 17.4. The first-order valence-corrected chi connectivity index (χ1v) is 10.1. The Kier molecular flexibility index (Phi) is 6.88. The summed E-state index contributed by atoms with van der Waals surface area (Å²) in [5, 5.41) is 6.37. The summed E-state index contributed by atoms with van der Waals surface area (Å²) in [7, 11) is 4.04. The molecule has 6 heteroatoms. The molecule has 0 saturated carbocycles. The summed E-state index contributed by atoms with van der Waals surface area (Å²) >= 11 is 0. The largest absolute Gasteiger partial charge is 0.354 e. The van der Waals surface area contributed by atoms with Crippen LogP contribution in [0, 0.1) is 12.8 Å². The van der Waals surface area contributed by atoms with Crippen molar-refractivity contribution in [2.75, 3.05) is 44.4 Å². The highest BCUT2D eigenvalue weighted by Gasteiger charge is 2.34. The fourth-order valence-electron chi connectivity index (χ4n) is 3.47. The van der Waals surface area contributed by atoms with E-state index < -0.39 is 0 Å². The molecule has 2 aromatic rings. The van der Waals surface area contributed by atoms with Crippen LogP contribution in [0.15, 0.2) is 48.5 Å². The third-order valence-electron chi connectivity index (χ3n) is 5.13. The number of hydrogen-bond donors (Lipinski definition) is 2. The lowest BCUT2D eigenvalue weighted by Crippen LogP contribution is -2.30. The highest BCUT2D eigenvalue weighted by atomic mass is 16.2. The van der Waals surface area contributed by atoms with Crippen LogP contribution in [0.2, 0.25) is 0 Å². The van der Waals surface area contributed by atoms with Gasteiger partial charge >= 0.3 is 0 Å². The molecule has 2 amide bonds. The van der Waals surface area contributed by atoms with Crippen LogP contribution < -0.4 is 10.6 Å². The number of aryl methyl sites for hydroxylation is 1. The minimum Gasteiger partial charge on any atom is -0.354 e. The molecule has 29 heavy (non-hydrogen) atoms. The molecule has 1 fully saturated rings. The zero-order chi connectivity index (χ0) is 20.8. The quantitative estimate of drug-likeness (QED) is 0.720. The van der Waals surface area contributed by atoms with Gasteiger partial charge in [0.2, 0.25) is 11.8 Å². The number of nitrogens with zero attached hydrogens (tertiary/aromatic N) is 2. The minimum atomic E-state index is -0.311. The zero-order valence-electron chi connectivity index (χ0n) is 17.4. The maximum Gasteiger partial charge on any atom is 0.229 e. The number of hydrogen-bond acceptors (Lipinski definition) is 4. The molecule has 2 N–H and O–H groups in total. The fourth-order valence-corrected chi connectivity index (χ4v) is 3.47. The summed E-state index contributed by atoms with van der Waals surface area (Å²) in [6.45, 7) is 4.17. The highest BCUT2D eigenvalue weighted by molar-refractivity contribution is 5.99. The van der Waals surface area contributed by atoms with Gasteiger partial charge in [-0.15, -0.1) is 0 Å². The van der Waals surface area contributed by atoms with Crippen LogP contribution in [0.3, 0.4) is 0 Å². The van der Waals surface area contributed by atoms with Crippen molar-refractivity contribution >= 4 is 28.9 Å². The number of nitrogens with one attached hydrogen (secondary N) is 2. The molecule has 0 bridgehead atoms. The third kappa shape index (κ3) is 5.81. The molecule has 1 atom stereocenters. The molecule has 1 saturated heterocycles. The number of benzene rings is 2. The Hall–Kier alpha value is -2.86. The molecule has 6 nitrogen and oxygen atoms in total. The van der Waals surface area contributed by atoms with Crippen molar-refractivity contribution in [2.24, 2.45) is 5.92 Å². The second-order valence-electron chi connectivity index (χ2n) is 7.92. The van der Waals surface area contributed by atoms with Gasteiger partial charge in [-0.05, 0) is 58.3 Å². The van der Waals surface area contributed by atoms with E-state index in [4.69, 9.17) is 0 Å². The van der Waals surface area contributed by atoms with Gasteiger partial charge in [0, 0.05) is 25.2 Å². The van der Waals surface area contributed by atoms with E-state index in [0.29, 0.717) is 13.1 Å². The average Bonchev–Trinajstić information content (AvgIpc) is 3.06. The number of rotatable bonds is 8. The van der Waals surface area contributed by atoms with Gasteiger partial charge in [-0.3, -0.25) is 9.59 Å². The van der Waals surface area contributed by atoms with E-state index in [1.165, 1.54) is 5.56 Å². The topological polar surface area (TPSA) is 64.7 Å². The smallest absolute Gasteiger partial charge is 0.229 e. The second-order valence-corrected chi connectivity index (χ2v) is 7.92.